The molecule has 5 nitrogen and oxygen atoms in total. The molecule has 0 aromatic rings. The predicted molar refractivity (Wildman–Crippen MR) is 55.9 cm³/mol. The average Bonchev–Trinajstić information content (AvgIpc) is 2.61. The Morgan fingerprint density at radius 3 is 2.73 bits per heavy atom. The Bertz CT molecular complexity index is 225. The van der Waals surface area contributed by atoms with Gasteiger partial charge in [0.2, 0.25) is 0 Å². The third-order valence-corrected chi connectivity index (χ3v) is 2.24. The van der Waals surface area contributed by atoms with Crippen molar-refractivity contribution in [2.75, 3.05) is 6.61 Å². The Balaban J connectivity index is 2.28. The van der Waals surface area contributed by atoms with Gasteiger partial charge in [-0.25, -0.2) is 5.84 Å². The van der Waals surface area contributed by atoms with Crippen molar-refractivity contribution in [2.24, 2.45) is 5.84 Å². The molecular weight excluding hydrogens is 196 g/mol. The second-order valence-corrected chi connectivity index (χ2v) is 4.76. The van der Waals surface area contributed by atoms with Gasteiger partial charge in [0, 0.05) is 0 Å². The standard InChI is InChI=1S/C10H20N2O3/c1-10(2,3)14-6-7-4-5-8(15-7)9(13)12-11/h7-8H,4-6,11H2,1-3H3,(H,12,13). The van der Waals surface area contributed by atoms with Gasteiger partial charge in [-0.15, -0.1) is 0 Å². The van der Waals surface area contributed by atoms with Crippen LogP contribution in [0.4, 0.5) is 0 Å². The van der Waals surface area contributed by atoms with Crippen LogP contribution < -0.4 is 11.3 Å². The van der Waals surface area contributed by atoms with Gasteiger partial charge in [0.1, 0.15) is 6.10 Å². The molecule has 0 aromatic heterocycles. The summed E-state index contributed by atoms with van der Waals surface area (Å²) in [7, 11) is 0. The highest BCUT2D eigenvalue weighted by molar-refractivity contribution is 5.80. The van der Waals surface area contributed by atoms with Crippen LogP contribution in [-0.4, -0.2) is 30.3 Å². The number of nitrogens with two attached hydrogens (primary N) is 1. The Morgan fingerprint density at radius 1 is 1.53 bits per heavy atom. The molecule has 3 N–H and O–H groups in total. The summed E-state index contributed by atoms with van der Waals surface area (Å²) in [5.74, 6) is 4.77. The van der Waals surface area contributed by atoms with Crippen LogP contribution in [0.5, 0.6) is 0 Å². The van der Waals surface area contributed by atoms with Gasteiger partial charge in [-0.3, -0.25) is 10.2 Å². The number of amides is 1. The number of hydrogen-bond acceptors (Lipinski definition) is 4. The molecule has 0 aliphatic carbocycles. The first kappa shape index (κ1) is 12.4. The lowest BCUT2D eigenvalue weighted by Crippen LogP contribution is -2.39. The minimum atomic E-state index is -0.413. The molecule has 5 heteroatoms. The summed E-state index contributed by atoms with van der Waals surface area (Å²) in [4.78, 5) is 11.2. The monoisotopic (exact) mass is 216 g/mol. The summed E-state index contributed by atoms with van der Waals surface area (Å²) in [5, 5.41) is 0. The lowest BCUT2D eigenvalue weighted by atomic mass is 10.1. The molecule has 2 unspecified atom stereocenters. The van der Waals surface area contributed by atoms with Gasteiger partial charge in [0.05, 0.1) is 18.3 Å². The average molecular weight is 216 g/mol. The number of hydrazine groups is 1. The fourth-order valence-corrected chi connectivity index (χ4v) is 1.46. The van der Waals surface area contributed by atoms with Crippen molar-refractivity contribution in [3.63, 3.8) is 0 Å². The molecule has 1 aliphatic heterocycles. The maximum Gasteiger partial charge on any atom is 0.263 e. The highest BCUT2D eigenvalue weighted by Crippen LogP contribution is 2.21. The van der Waals surface area contributed by atoms with Gasteiger partial charge >= 0.3 is 0 Å². The van der Waals surface area contributed by atoms with Gasteiger partial charge in [-0.05, 0) is 33.6 Å². The Hall–Kier alpha value is -0.650. The minimum absolute atomic E-state index is 0.00604. The van der Waals surface area contributed by atoms with E-state index in [0.717, 1.165) is 6.42 Å². The summed E-state index contributed by atoms with van der Waals surface area (Å²) < 4.78 is 11.1. The number of ether oxygens (including phenoxy) is 2. The van der Waals surface area contributed by atoms with Crippen molar-refractivity contribution in [1.29, 1.82) is 0 Å². The van der Waals surface area contributed by atoms with E-state index in [9.17, 15) is 4.79 Å². The maximum absolute atomic E-state index is 11.2. The predicted octanol–water partition coefficient (Wildman–Crippen LogP) is 0.339. The van der Waals surface area contributed by atoms with E-state index in [0.29, 0.717) is 13.0 Å². The largest absolute Gasteiger partial charge is 0.373 e. The van der Waals surface area contributed by atoms with Gasteiger partial charge < -0.3 is 9.47 Å². The normalized spacial score (nSPS) is 26.7. The summed E-state index contributed by atoms with van der Waals surface area (Å²) in [6, 6.07) is 0. The second-order valence-electron chi connectivity index (χ2n) is 4.76. The fraction of sp³-hybridized carbons (Fsp3) is 0.900. The van der Waals surface area contributed by atoms with Crippen LogP contribution in [0.1, 0.15) is 33.6 Å². The topological polar surface area (TPSA) is 73.6 Å². The zero-order valence-electron chi connectivity index (χ0n) is 9.58. The van der Waals surface area contributed by atoms with E-state index < -0.39 is 6.10 Å². The first-order chi connectivity index (χ1) is 6.92. The van der Waals surface area contributed by atoms with Crippen molar-refractivity contribution in [3.05, 3.63) is 0 Å². The van der Waals surface area contributed by atoms with Crippen LogP contribution in [0.2, 0.25) is 0 Å². The Morgan fingerprint density at radius 2 is 2.20 bits per heavy atom. The molecule has 0 spiro atoms. The molecule has 15 heavy (non-hydrogen) atoms. The van der Waals surface area contributed by atoms with Crippen LogP contribution in [0.3, 0.4) is 0 Å². The van der Waals surface area contributed by atoms with Crippen LogP contribution in [0.25, 0.3) is 0 Å². The number of carbonyl (C=O) groups is 1. The molecule has 1 heterocycles. The van der Waals surface area contributed by atoms with Crippen LogP contribution in [-0.2, 0) is 14.3 Å². The number of rotatable bonds is 3. The maximum atomic E-state index is 11.2. The first-order valence-electron chi connectivity index (χ1n) is 5.22. The Labute approximate surface area is 90.3 Å². The van der Waals surface area contributed by atoms with Crippen LogP contribution in [0.15, 0.2) is 0 Å². The highest BCUT2D eigenvalue weighted by atomic mass is 16.6. The third kappa shape index (κ3) is 4.15. The summed E-state index contributed by atoms with van der Waals surface area (Å²) >= 11 is 0. The number of hydrogen-bond donors (Lipinski definition) is 2. The van der Waals surface area contributed by atoms with Gasteiger partial charge in [-0.1, -0.05) is 0 Å². The molecule has 0 saturated carbocycles. The van der Waals surface area contributed by atoms with Gasteiger partial charge in [0.15, 0.2) is 0 Å². The molecule has 1 fully saturated rings. The molecule has 1 amide bonds. The quantitative estimate of drug-likeness (QED) is 0.405. The molecule has 88 valence electrons. The fourth-order valence-electron chi connectivity index (χ4n) is 1.46. The van der Waals surface area contributed by atoms with Crippen molar-refractivity contribution < 1.29 is 14.3 Å². The van der Waals surface area contributed by atoms with Gasteiger partial charge in [-0.2, -0.15) is 0 Å². The molecule has 0 radical (unpaired) electrons. The zero-order valence-corrected chi connectivity index (χ0v) is 9.58. The molecule has 2 atom stereocenters. The van der Waals surface area contributed by atoms with Gasteiger partial charge in [0.25, 0.3) is 5.91 Å². The molecular formula is C10H20N2O3. The summed E-state index contributed by atoms with van der Waals surface area (Å²) in [6.45, 7) is 6.50. The van der Waals surface area contributed by atoms with Crippen molar-refractivity contribution in [3.8, 4) is 0 Å². The van der Waals surface area contributed by atoms with Crippen molar-refractivity contribution in [1.82, 2.24) is 5.43 Å². The van der Waals surface area contributed by atoms with E-state index in [1.54, 1.807) is 0 Å². The molecule has 1 saturated heterocycles. The molecule has 0 bridgehead atoms. The lowest BCUT2D eigenvalue weighted by Gasteiger charge is -2.22. The van der Waals surface area contributed by atoms with Crippen LogP contribution in [0, 0.1) is 0 Å². The zero-order chi connectivity index (χ0) is 11.5. The number of carbonyl (C=O) groups excluding carboxylic acids is 1. The van der Waals surface area contributed by atoms with Crippen molar-refractivity contribution >= 4 is 5.91 Å². The summed E-state index contributed by atoms with van der Waals surface area (Å²) in [6.07, 6.45) is 1.14. The molecule has 1 rings (SSSR count). The van der Waals surface area contributed by atoms with E-state index in [1.165, 1.54) is 0 Å². The van der Waals surface area contributed by atoms with E-state index in [2.05, 4.69) is 5.43 Å². The molecule has 1 aliphatic rings. The highest BCUT2D eigenvalue weighted by Gasteiger charge is 2.31. The van der Waals surface area contributed by atoms with E-state index in [4.69, 9.17) is 15.3 Å². The second kappa shape index (κ2) is 4.92. The first-order valence-corrected chi connectivity index (χ1v) is 5.22. The summed E-state index contributed by atoms with van der Waals surface area (Å²) in [5.41, 5.74) is 1.93. The van der Waals surface area contributed by atoms with Crippen LogP contribution >= 0.6 is 0 Å². The minimum Gasteiger partial charge on any atom is -0.373 e. The van der Waals surface area contributed by atoms with E-state index in [1.807, 2.05) is 20.8 Å². The SMILES string of the molecule is CC(C)(C)OCC1CCC(C(=O)NN)O1. The van der Waals surface area contributed by atoms with Crippen molar-refractivity contribution in [2.45, 2.75) is 51.4 Å². The smallest absolute Gasteiger partial charge is 0.263 e. The van der Waals surface area contributed by atoms with E-state index >= 15 is 0 Å². The lowest BCUT2D eigenvalue weighted by molar-refractivity contribution is -0.135. The Kier molecular flexibility index (Phi) is 4.07. The third-order valence-electron chi connectivity index (χ3n) is 2.24. The molecule has 0 aromatic carbocycles. The van der Waals surface area contributed by atoms with E-state index in [-0.39, 0.29) is 17.6 Å². The number of nitrogens with one attached hydrogen (secondary N) is 1.